The highest BCUT2D eigenvalue weighted by Gasteiger charge is 2.49. The quantitative estimate of drug-likeness (QED) is 0.0897. The van der Waals surface area contributed by atoms with Gasteiger partial charge in [-0.2, -0.15) is 5.10 Å². The maximum absolute atomic E-state index is 7.18. The molecule has 1 aromatic heterocycles. The van der Waals surface area contributed by atoms with Crippen LogP contribution >= 0.6 is 11.6 Å². The molecule has 0 N–H and O–H groups in total. The first-order valence-corrected chi connectivity index (χ1v) is 20.7. The molecular weight excluding hydrogens is 762 g/mol. The second-order valence-electron chi connectivity index (χ2n) is 14.9. The maximum atomic E-state index is 7.18. The van der Waals surface area contributed by atoms with E-state index < -0.39 is 30.5 Å². The second-order valence-corrected chi connectivity index (χ2v) is 15.3. The van der Waals surface area contributed by atoms with E-state index in [0.717, 1.165) is 58.0 Å². The topological polar surface area (TPSA) is 84.4 Å². The van der Waals surface area contributed by atoms with Crippen molar-refractivity contribution in [3.63, 3.8) is 0 Å². The Balaban J connectivity index is 1.13. The molecule has 0 amide bonds. The second kappa shape index (κ2) is 20.8. The number of halogens is 1. The van der Waals surface area contributed by atoms with Gasteiger partial charge >= 0.3 is 0 Å². The van der Waals surface area contributed by atoms with Crippen LogP contribution < -0.4 is 4.90 Å². The normalized spacial score (nSPS) is 20.7. The van der Waals surface area contributed by atoms with Gasteiger partial charge in [0.15, 0.2) is 5.82 Å². The zero-order chi connectivity index (χ0) is 40.1. The molecule has 5 atom stereocenters. The Hall–Kier alpha value is -4.97. The number of anilines is 1. The molecule has 9 nitrogen and oxygen atoms in total. The number of rotatable bonds is 17. The first kappa shape index (κ1) is 40.8. The predicted octanol–water partition coefficient (Wildman–Crippen LogP) is 8.97. The van der Waals surface area contributed by atoms with Gasteiger partial charge in [0.25, 0.3) is 0 Å². The van der Waals surface area contributed by atoms with Gasteiger partial charge in [-0.05, 0) is 51.6 Å². The zero-order valence-electron chi connectivity index (χ0n) is 33.1. The van der Waals surface area contributed by atoms with Crippen molar-refractivity contribution in [2.45, 2.75) is 63.4 Å². The van der Waals surface area contributed by atoms with Crippen LogP contribution in [0.1, 0.15) is 45.2 Å². The fourth-order valence-corrected chi connectivity index (χ4v) is 7.75. The predicted molar refractivity (Wildman–Crippen MR) is 228 cm³/mol. The summed E-state index contributed by atoms with van der Waals surface area (Å²) < 4.78 is 39.9. The summed E-state index contributed by atoms with van der Waals surface area (Å²) in [5.74, 6) is 0.844. The molecule has 2 aliphatic heterocycles. The molecule has 3 heterocycles. The highest BCUT2D eigenvalue weighted by atomic mass is 35.5. The first-order valence-electron chi connectivity index (χ1n) is 20.3. The van der Waals surface area contributed by atoms with Crippen LogP contribution in [0.2, 0.25) is 5.02 Å². The molecule has 5 unspecified atom stereocenters. The minimum absolute atomic E-state index is 0.271. The average Bonchev–Trinajstić information content (AvgIpc) is 3.30. The third-order valence-electron chi connectivity index (χ3n) is 10.7. The van der Waals surface area contributed by atoms with E-state index >= 15 is 0 Å². The number of hydrogen-bond donors (Lipinski definition) is 0. The van der Waals surface area contributed by atoms with Crippen molar-refractivity contribution >= 4 is 17.4 Å². The van der Waals surface area contributed by atoms with E-state index in [9.17, 15) is 0 Å². The van der Waals surface area contributed by atoms with Crippen molar-refractivity contribution < 1.29 is 28.4 Å². The van der Waals surface area contributed by atoms with E-state index in [-0.39, 0.29) is 6.61 Å². The molecule has 2 aliphatic rings. The first-order chi connectivity index (χ1) is 29.2. The SMILES string of the molecule is Clc1ccc(C2OC(COCc3ccccc3)C(OCc3ccccc3)C(OCc3ccccc3)C2OCc2ccccc2)cc1Cc1ccc(N2CCOCC2)nn1. The van der Waals surface area contributed by atoms with E-state index in [4.69, 9.17) is 40.0 Å². The van der Waals surface area contributed by atoms with Gasteiger partial charge in [-0.25, -0.2) is 0 Å². The molecule has 304 valence electrons. The number of hydrogen-bond acceptors (Lipinski definition) is 9. The minimum Gasteiger partial charge on any atom is -0.378 e. The molecule has 2 saturated heterocycles. The highest BCUT2D eigenvalue weighted by molar-refractivity contribution is 6.31. The van der Waals surface area contributed by atoms with E-state index in [2.05, 4.69) is 69.7 Å². The highest BCUT2D eigenvalue weighted by Crippen LogP contribution is 2.40. The monoisotopic (exact) mass is 811 g/mol. The molecule has 0 spiro atoms. The van der Waals surface area contributed by atoms with Gasteiger partial charge in [0.2, 0.25) is 0 Å². The Morgan fingerprint density at radius 1 is 0.576 bits per heavy atom. The van der Waals surface area contributed by atoms with Gasteiger partial charge in [0.05, 0.1) is 51.9 Å². The number of aromatic nitrogens is 2. The van der Waals surface area contributed by atoms with Crippen molar-refractivity contribution in [3.8, 4) is 0 Å². The maximum Gasteiger partial charge on any atom is 0.151 e. The Morgan fingerprint density at radius 2 is 1.12 bits per heavy atom. The van der Waals surface area contributed by atoms with Gasteiger partial charge in [-0.3, -0.25) is 0 Å². The third kappa shape index (κ3) is 11.2. The molecule has 6 aromatic rings. The van der Waals surface area contributed by atoms with Crippen LogP contribution in [0.15, 0.2) is 152 Å². The van der Waals surface area contributed by atoms with E-state index in [1.807, 2.05) is 97.1 Å². The lowest BCUT2D eigenvalue weighted by Crippen LogP contribution is -2.58. The fourth-order valence-electron chi connectivity index (χ4n) is 7.57. The lowest BCUT2D eigenvalue weighted by molar-refractivity contribution is -0.275. The van der Waals surface area contributed by atoms with Crippen molar-refractivity contribution in [3.05, 3.63) is 196 Å². The molecule has 2 fully saturated rings. The van der Waals surface area contributed by atoms with Gasteiger partial charge in [0, 0.05) is 24.5 Å². The van der Waals surface area contributed by atoms with Crippen LogP contribution in [0.5, 0.6) is 0 Å². The molecule has 8 rings (SSSR count). The number of morpholine rings is 1. The van der Waals surface area contributed by atoms with Crippen LogP contribution in [0, 0.1) is 0 Å². The molecule has 0 saturated carbocycles. The zero-order valence-corrected chi connectivity index (χ0v) is 33.8. The van der Waals surface area contributed by atoms with Crippen LogP contribution in [-0.4, -0.2) is 67.5 Å². The van der Waals surface area contributed by atoms with Gasteiger partial charge in [0.1, 0.15) is 30.5 Å². The van der Waals surface area contributed by atoms with Crippen molar-refractivity contribution in [2.75, 3.05) is 37.8 Å². The molecular formula is C49H50ClN3O6. The fraction of sp³-hybridized carbons (Fsp3) is 0.306. The molecule has 10 heteroatoms. The smallest absolute Gasteiger partial charge is 0.151 e. The average molecular weight is 812 g/mol. The summed E-state index contributed by atoms with van der Waals surface area (Å²) in [4.78, 5) is 2.19. The van der Waals surface area contributed by atoms with E-state index in [1.165, 1.54) is 0 Å². The van der Waals surface area contributed by atoms with Gasteiger partial charge < -0.3 is 33.3 Å². The molecule has 0 aliphatic carbocycles. The summed E-state index contributed by atoms with van der Waals surface area (Å²) in [5.41, 5.74) is 6.83. The van der Waals surface area contributed by atoms with Gasteiger partial charge in [-0.1, -0.05) is 145 Å². The van der Waals surface area contributed by atoms with Crippen molar-refractivity contribution in [1.82, 2.24) is 10.2 Å². The summed E-state index contributed by atoms with van der Waals surface area (Å²) in [6.45, 7) is 4.73. The molecule has 0 radical (unpaired) electrons. The Bertz CT molecular complexity index is 2140. The van der Waals surface area contributed by atoms with Crippen molar-refractivity contribution in [1.29, 1.82) is 0 Å². The third-order valence-corrected chi connectivity index (χ3v) is 11.1. The van der Waals surface area contributed by atoms with Crippen LogP contribution in [0.25, 0.3) is 0 Å². The summed E-state index contributed by atoms with van der Waals surface area (Å²) in [6, 6.07) is 50.8. The number of benzene rings is 5. The molecule has 0 bridgehead atoms. The summed E-state index contributed by atoms with van der Waals surface area (Å²) in [5, 5.41) is 9.79. The molecule has 59 heavy (non-hydrogen) atoms. The Kier molecular flexibility index (Phi) is 14.4. The van der Waals surface area contributed by atoms with Crippen molar-refractivity contribution in [2.24, 2.45) is 0 Å². The summed E-state index contributed by atoms with van der Waals surface area (Å²) >= 11 is 6.93. The lowest BCUT2D eigenvalue weighted by Gasteiger charge is -2.46. The largest absolute Gasteiger partial charge is 0.378 e. The molecule has 5 aromatic carbocycles. The summed E-state index contributed by atoms with van der Waals surface area (Å²) in [7, 11) is 0. The van der Waals surface area contributed by atoms with Crippen LogP contribution in [0.3, 0.4) is 0 Å². The van der Waals surface area contributed by atoms with Crippen LogP contribution in [0.4, 0.5) is 5.82 Å². The van der Waals surface area contributed by atoms with Crippen LogP contribution in [-0.2, 0) is 61.3 Å². The number of ether oxygens (including phenoxy) is 6. The van der Waals surface area contributed by atoms with E-state index in [1.54, 1.807) is 0 Å². The summed E-state index contributed by atoms with van der Waals surface area (Å²) in [6.07, 6.45) is -2.25. The standard InChI is InChI=1S/C49H50ClN3O6/c50-43-23-21-40(29-41(43)30-42-22-24-45(52-51-42)53-25-27-54-28-26-53)46-48(57-33-38-17-9-3-10-18-38)49(58-34-39-19-11-4-12-20-39)47(56-32-37-15-7-2-8-16-37)44(59-46)35-55-31-36-13-5-1-6-14-36/h1-24,29,44,46-49H,25-28,30-35H2. The minimum atomic E-state index is -0.577. The Labute approximate surface area is 351 Å². The Morgan fingerprint density at radius 3 is 1.68 bits per heavy atom. The number of nitrogens with zero attached hydrogens (tertiary/aromatic N) is 3. The van der Waals surface area contributed by atoms with Gasteiger partial charge in [-0.15, -0.1) is 5.10 Å². The lowest BCUT2D eigenvalue weighted by atomic mass is 9.89. The van der Waals surface area contributed by atoms with E-state index in [0.29, 0.717) is 51.1 Å².